The molecule has 0 atom stereocenters. The van der Waals surface area contributed by atoms with Gasteiger partial charge in [0.2, 0.25) is 5.91 Å². The molecule has 1 saturated carbocycles. The van der Waals surface area contributed by atoms with Gasteiger partial charge in [-0.05, 0) is 32.1 Å². The predicted octanol–water partition coefficient (Wildman–Crippen LogP) is 0.984. The molecule has 0 unspecified atom stereocenters. The van der Waals surface area contributed by atoms with Gasteiger partial charge in [-0.15, -0.1) is 0 Å². The number of carbonyl (C=O) groups is 1. The highest BCUT2D eigenvalue weighted by molar-refractivity contribution is 5.80. The summed E-state index contributed by atoms with van der Waals surface area (Å²) in [5.41, 5.74) is -0.278. The summed E-state index contributed by atoms with van der Waals surface area (Å²) < 4.78 is 0. The molecule has 2 aliphatic carbocycles. The second-order valence-corrected chi connectivity index (χ2v) is 4.42. The minimum atomic E-state index is -0.278. The highest BCUT2D eigenvalue weighted by atomic mass is 16.3. The summed E-state index contributed by atoms with van der Waals surface area (Å²) in [5, 5.41) is 12.2. The van der Waals surface area contributed by atoms with Gasteiger partial charge >= 0.3 is 0 Å². The first-order valence-electron chi connectivity index (χ1n) is 5.34. The van der Waals surface area contributed by atoms with Gasteiger partial charge in [0.05, 0.1) is 12.1 Å². The summed E-state index contributed by atoms with van der Waals surface area (Å²) in [4.78, 5) is 11.8. The van der Waals surface area contributed by atoms with Gasteiger partial charge in [0.25, 0.3) is 0 Å². The summed E-state index contributed by atoms with van der Waals surface area (Å²) in [7, 11) is 0. The van der Waals surface area contributed by atoms with E-state index in [0.717, 1.165) is 32.1 Å². The third-order valence-electron chi connectivity index (χ3n) is 3.38. The molecule has 0 spiro atoms. The van der Waals surface area contributed by atoms with E-state index in [1.54, 1.807) is 0 Å². The Morgan fingerprint density at radius 2 is 2.07 bits per heavy atom. The zero-order chi connectivity index (χ0) is 10.0. The van der Waals surface area contributed by atoms with E-state index in [0.29, 0.717) is 0 Å². The molecule has 0 aliphatic heterocycles. The number of carbonyl (C=O) groups excluding carboxylic acids is 1. The van der Waals surface area contributed by atoms with Crippen molar-refractivity contribution in [2.75, 3.05) is 6.61 Å². The zero-order valence-electron chi connectivity index (χ0n) is 8.33. The molecule has 0 aromatic heterocycles. The van der Waals surface area contributed by atoms with Gasteiger partial charge in [-0.2, -0.15) is 0 Å². The third-order valence-corrected chi connectivity index (χ3v) is 3.38. The van der Waals surface area contributed by atoms with Crippen LogP contribution in [0.3, 0.4) is 0 Å². The third kappa shape index (κ3) is 1.69. The van der Waals surface area contributed by atoms with Crippen LogP contribution < -0.4 is 5.32 Å². The van der Waals surface area contributed by atoms with Gasteiger partial charge < -0.3 is 10.4 Å². The van der Waals surface area contributed by atoms with Crippen LogP contribution in [-0.4, -0.2) is 23.2 Å². The van der Waals surface area contributed by atoms with E-state index in [1.807, 2.05) is 0 Å². The van der Waals surface area contributed by atoms with Crippen molar-refractivity contribution < 1.29 is 9.90 Å². The van der Waals surface area contributed by atoms with E-state index >= 15 is 0 Å². The molecule has 1 amide bonds. The van der Waals surface area contributed by atoms with Crippen LogP contribution in [0.15, 0.2) is 12.2 Å². The van der Waals surface area contributed by atoms with Crippen molar-refractivity contribution in [3.8, 4) is 0 Å². The van der Waals surface area contributed by atoms with Crippen molar-refractivity contribution in [3.05, 3.63) is 12.2 Å². The quantitative estimate of drug-likeness (QED) is 0.660. The van der Waals surface area contributed by atoms with Gasteiger partial charge in [0, 0.05) is 5.92 Å². The molecule has 2 N–H and O–H groups in total. The lowest BCUT2D eigenvalue weighted by molar-refractivity contribution is -0.128. The van der Waals surface area contributed by atoms with Crippen LogP contribution in [0.2, 0.25) is 0 Å². The molecular weight excluding hydrogens is 178 g/mol. The van der Waals surface area contributed by atoms with Gasteiger partial charge in [-0.25, -0.2) is 0 Å². The van der Waals surface area contributed by atoms with E-state index in [2.05, 4.69) is 17.5 Å². The van der Waals surface area contributed by atoms with Crippen LogP contribution in [0.5, 0.6) is 0 Å². The summed E-state index contributed by atoms with van der Waals surface area (Å²) in [6.45, 7) is 0.0822. The molecule has 0 aromatic carbocycles. The van der Waals surface area contributed by atoms with E-state index in [-0.39, 0.29) is 24.0 Å². The van der Waals surface area contributed by atoms with Crippen LogP contribution in [0.25, 0.3) is 0 Å². The first kappa shape index (κ1) is 9.71. The number of aliphatic hydroxyl groups is 1. The fourth-order valence-corrected chi connectivity index (χ4v) is 2.12. The topological polar surface area (TPSA) is 49.3 Å². The average Bonchev–Trinajstić information content (AvgIpc) is 2.63. The Morgan fingerprint density at radius 3 is 2.50 bits per heavy atom. The van der Waals surface area contributed by atoms with Crippen molar-refractivity contribution in [3.63, 3.8) is 0 Å². The van der Waals surface area contributed by atoms with Crippen LogP contribution in [0, 0.1) is 5.92 Å². The molecule has 0 heterocycles. The molecule has 0 saturated heterocycles. The maximum atomic E-state index is 11.8. The summed E-state index contributed by atoms with van der Waals surface area (Å²) >= 11 is 0. The Morgan fingerprint density at radius 1 is 1.43 bits per heavy atom. The van der Waals surface area contributed by atoms with Gasteiger partial charge in [-0.1, -0.05) is 12.2 Å². The second-order valence-electron chi connectivity index (χ2n) is 4.42. The first-order valence-corrected chi connectivity index (χ1v) is 5.34. The molecule has 78 valence electrons. The lowest BCUT2D eigenvalue weighted by atomic mass is 9.77. The molecule has 3 heteroatoms. The summed E-state index contributed by atoms with van der Waals surface area (Å²) in [6.07, 6.45) is 8.78. The molecule has 2 aliphatic rings. The first-order chi connectivity index (χ1) is 6.76. The molecule has 0 radical (unpaired) electrons. The van der Waals surface area contributed by atoms with Crippen molar-refractivity contribution in [1.29, 1.82) is 0 Å². The maximum absolute atomic E-state index is 11.8. The Hall–Kier alpha value is -0.830. The van der Waals surface area contributed by atoms with Gasteiger partial charge in [0.15, 0.2) is 0 Å². The standard InChI is InChI=1S/C11H17NO2/c13-8-11(6-3-7-11)12-10(14)9-4-1-2-5-9/h1-2,9,13H,3-8H2,(H,12,14). The number of allylic oxidation sites excluding steroid dienone is 2. The maximum Gasteiger partial charge on any atom is 0.224 e. The number of rotatable bonds is 3. The van der Waals surface area contributed by atoms with E-state index in [1.165, 1.54) is 0 Å². The van der Waals surface area contributed by atoms with Crippen molar-refractivity contribution >= 4 is 5.91 Å². The monoisotopic (exact) mass is 195 g/mol. The SMILES string of the molecule is O=C(NC1(CO)CCC1)C1CC=CC1. The van der Waals surface area contributed by atoms with E-state index < -0.39 is 0 Å². The molecule has 0 aromatic rings. The summed E-state index contributed by atoms with van der Waals surface area (Å²) in [5.74, 6) is 0.225. The lowest BCUT2D eigenvalue weighted by Gasteiger charge is -2.41. The average molecular weight is 195 g/mol. The number of hydrogen-bond donors (Lipinski definition) is 2. The lowest BCUT2D eigenvalue weighted by Crippen LogP contribution is -2.57. The highest BCUT2D eigenvalue weighted by Crippen LogP contribution is 2.32. The number of hydrogen-bond acceptors (Lipinski definition) is 2. The van der Waals surface area contributed by atoms with Crippen molar-refractivity contribution in [2.45, 2.75) is 37.6 Å². The number of nitrogens with one attached hydrogen (secondary N) is 1. The molecule has 2 rings (SSSR count). The summed E-state index contributed by atoms with van der Waals surface area (Å²) in [6, 6.07) is 0. The molecule has 1 fully saturated rings. The van der Waals surface area contributed by atoms with Gasteiger partial charge in [-0.3, -0.25) is 4.79 Å². The van der Waals surface area contributed by atoms with Crippen LogP contribution in [0.1, 0.15) is 32.1 Å². The normalized spacial score (nSPS) is 24.6. The Kier molecular flexibility index (Phi) is 2.59. The second kappa shape index (κ2) is 3.73. The molecule has 0 bridgehead atoms. The molecular formula is C11H17NO2. The Bertz CT molecular complexity index is 243. The van der Waals surface area contributed by atoms with Crippen LogP contribution >= 0.6 is 0 Å². The smallest absolute Gasteiger partial charge is 0.224 e. The Labute approximate surface area is 84.2 Å². The largest absolute Gasteiger partial charge is 0.394 e. The molecule has 14 heavy (non-hydrogen) atoms. The Balaban J connectivity index is 1.87. The zero-order valence-corrected chi connectivity index (χ0v) is 8.33. The molecule has 3 nitrogen and oxygen atoms in total. The number of aliphatic hydroxyl groups excluding tert-OH is 1. The van der Waals surface area contributed by atoms with Crippen molar-refractivity contribution in [1.82, 2.24) is 5.32 Å². The van der Waals surface area contributed by atoms with Crippen LogP contribution in [0.4, 0.5) is 0 Å². The highest BCUT2D eigenvalue weighted by Gasteiger charge is 2.38. The van der Waals surface area contributed by atoms with Crippen molar-refractivity contribution in [2.24, 2.45) is 5.92 Å². The minimum Gasteiger partial charge on any atom is -0.394 e. The van der Waals surface area contributed by atoms with E-state index in [4.69, 9.17) is 0 Å². The fraction of sp³-hybridized carbons (Fsp3) is 0.727. The van der Waals surface area contributed by atoms with Crippen LogP contribution in [-0.2, 0) is 4.79 Å². The van der Waals surface area contributed by atoms with Gasteiger partial charge in [0.1, 0.15) is 0 Å². The fourth-order valence-electron chi connectivity index (χ4n) is 2.12. The predicted molar refractivity (Wildman–Crippen MR) is 53.7 cm³/mol. The van der Waals surface area contributed by atoms with E-state index in [9.17, 15) is 9.90 Å². The minimum absolute atomic E-state index is 0.0822. The number of amides is 1.